The Morgan fingerprint density at radius 2 is 1.92 bits per heavy atom. The SMILES string of the molecule is NC(=NC1CC1)c1ccccc1. The molecule has 62 valence electrons. The molecule has 0 amide bonds. The maximum Gasteiger partial charge on any atom is 0.125 e. The Hall–Kier alpha value is -1.31. The number of nitrogens with two attached hydrogens (primary N) is 1. The van der Waals surface area contributed by atoms with Crippen molar-refractivity contribution in [2.24, 2.45) is 10.7 Å². The van der Waals surface area contributed by atoms with E-state index in [1.807, 2.05) is 30.3 Å². The zero-order valence-electron chi connectivity index (χ0n) is 6.90. The molecule has 12 heavy (non-hydrogen) atoms. The summed E-state index contributed by atoms with van der Waals surface area (Å²) in [5.74, 6) is 0.679. The van der Waals surface area contributed by atoms with Crippen LogP contribution in [0.2, 0.25) is 0 Å². The van der Waals surface area contributed by atoms with Crippen molar-refractivity contribution < 1.29 is 0 Å². The van der Waals surface area contributed by atoms with Gasteiger partial charge in [-0.25, -0.2) is 0 Å². The molecule has 0 heterocycles. The molecule has 1 aromatic carbocycles. The predicted octanol–water partition coefficient (Wildman–Crippen LogP) is 1.55. The van der Waals surface area contributed by atoms with Crippen molar-refractivity contribution in [3.63, 3.8) is 0 Å². The van der Waals surface area contributed by atoms with E-state index in [0.717, 1.165) is 5.56 Å². The van der Waals surface area contributed by atoms with Crippen LogP contribution in [0.15, 0.2) is 35.3 Å². The molecule has 0 bridgehead atoms. The van der Waals surface area contributed by atoms with E-state index in [1.54, 1.807) is 0 Å². The molecule has 1 fully saturated rings. The van der Waals surface area contributed by atoms with Crippen LogP contribution in [0.5, 0.6) is 0 Å². The van der Waals surface area contributed by atoms with Crippen LogP contribution in [-0.2, 0) is 0 Å². The lowest BCUT2D eigenvalue weighted by Gasteiger charge is -1.98. The molecular weight excluding hydrogens is 148 g/mol. The van der Waals surface area contributed by atoms with E-state index in [0.29, 0.717) is 11.9 Å². The fourth-order valence-corrected chi connectivity index (χ4v) is 1.08. The molecular formula is C10H12N2. The van der Waals surface area contributed by atoms with Gasteiger partial charge in [0.15, 0.2) is 0 Å². The number of amidine groups is 1. The van der Waals surface area contributed by atoms with Gasteiger partial charge in [-0.1, -0.05) is 30.3 Å². The zero-order chi connectivity index (χ0) is 8.39. The third kappa shape index (κ3) is 1.64. The highest BCUT2D eigenvalue weighted by atomic mass is 14.9. The third-order valence-corrected chi connectivity index (χ3v) is 1.94. The van der Waals surface area contributed by atoms with Crippen molar-refractivity contribution >= 4 is 5.84 Å². The number of aliphatic imine (C=N–C) groups is 1. The average Bonchev–Trinajstić information content (AvgIpc) is 2.90. The maximum atomic E-state index is 5.79. The number of nitrogens with zero attached hydrogens (tertiary/aromatic N) is 1. The topological polar surface area (TPSA) is 38.4 Å². The van der Waals surface area contributed by atoms with E-state index >= 15 is 0 Å². The van der Waals surface area contributed by atoms with Gasteiger partial charge in [0, 0.05) is 5.56 Å². The Balaban J connectivity index is 2.18. The van der Waals surface area contributed by atoms with Crippen LogP contribution in [0, 0.1) is 0 Å². The Bertz CT molecular complexity index is 286. The fourth-order valence-electron chi connectivity index (χ4n) is 1.08. The standard InChI is InChI=1S/C10H12N2/c11-10(12-9-6-7-9)8-4-2-1-3-5-8/h1-5,9H,6-7H2,(H2,11,12). The Morgan fingerprint density at radius 1 is 1.25 bits per heavy atom. The third-order valence-electron chi connectivity index (χ3n) is 1.94. The summed E-state index contributed by atoms with van der Waals surface area (Å²) in [4.78, 5) is 4.35. The molecule has 2 heteroatoms. The Kier molecular flexibility index (Phi) is 1.82. The van der Waals surface area contributed by atoms with E-state index in [4.69, 9.17) is 5.73 Å². The molecule has 0 spiro atoms. The number of benzene rings is 1. The second-order valence-electron chi connectivity index (χ2n) is 3.11. The fraction of sp³-hybridized carbons (Fsp3) is 0.300. The molecule has 0 aromatic heterocycles. The van der Waals surface area contributed by atoms with E-state index in [-0.39, 0.29) is 0 Å². The molecule has 0 unspecified atom stereocenters. The van der Waals surface area contributed by atoms with Crippen LogP contribution in [0.25, 0.3) is 0 Å². The van der Waals surface area contributed by atoms with Gasteiger partial charge in [0.2, 0.25) is 0 Å². The van der Waals surface area contributed by atoms with E-state index < -0.39 is 0 Å². The molecule has 0 atom stereocenters. The minimum atomic E-state index is 0.505. The second kappa shape index (κ2) is 2.97. The summed E-state index contributed by atoms with van der Waals surface area (Å²) in [6.45, 7) is 0. The van der Waals surface area contributed by atoms with Gasteiger partial charge in [-0.15, -0.1) is 0 Å². The lowest BCUT2D eigenvalue weighted by Crippen LogP contribution is -2.13. The molecule has 0 saturated heterocycles. The van der Waals surface area contributed by atoms with Crippen molar-refractivity contribution in [1.82, 2.24) is 0 Å². The Morgan fingerprint density at radius 3 is 2.50 bits per heavy atom. The van der Waals surface area contributed by atoms with Crippen LogP contribution in [0.1, 0.15) is 18.4 Å². The molecule has 1 aliphatic carbocycles. The number of hydrogen-bond acceptors (Lipinski definition) is 1. The quantitative estimate of drug-likeness (QED) is 0.517. The number of rotatable bonds is 2. The molecule has 0 aliphatic heterocycles. The molecule has 2 rings (SSSR count). The highest BCUT2D eigenvalue weighted by Gasteiger charge is 2.20. The van der Waals surface area contributed by atoms with Crippen LogP contribution in [-0.4, -0.2) is 11.9 Å². The lowest BCUT2D eigenvalue weighted by molar-refractivity contribution is 1.06. The highest BCUT2D eigenvalue weighted by Crippen LogP contribution is 2.23. The summed E-state index contributed by atoms with van der Waals surface area (Å²) in [5, 5.41) is 0. The summed E-state index contributed by atoms with van der Waals surface area (Å²) >= 11 is 0. The molecule has 2 nitrogen and oxygen atoms in total. The monoisotopic (exact) mass is 160 g/mol. The first-order valence-corrected chi connectivity index (χ1v) is 4.25. The summed E-state index contributed by atoms with van der Waals surface area (Å²) in [7, 11) is 0. The van der Waals surface area contributed by atoms with Crippen molar-refractivity contribution in [2.45, 2.75) is 18.9 Å². The zero-order valence-corrected chi connectivity index (χ0v) is 6.90. The largest absolute Gasteiger partial charge is 0.383 e. The van der Waals surface area contributed by atoms with Crippen molar-refractivity contribution in [1.29, 1.82) is 0 Å². The summed E-state index contributed by atoms with van der Waals surface area (Å²) in [6.07, 6.45) is 2.40. The van der Waals surface area contributed by atoms with Gasteiger partial charge in [0.05, 0.1) is 6.04 Å². The van der Waals surface area contributed by atoms with Gasteiger partial charge in [0.25, 0.3) is 0 Å². The van der Waals surface area contributed by atoms with Crippen molar-refractivity contribution in [3.05, 3.63) is 35.9 Å². The van der Waals surface area contributed by atoms with Gasteiger partial charge in [-0.2, -0.15) is 0 Å². The molecule has 1 aliphatic rings. The van der Waals surface area contributed by atoms with Crippen molar-refractivity contribution in [3.8, 4) is 0 Å². The van der Waals surface area contributed by atoms with Crippen LogP contribution < -0.4 is 5.73 Å². The van der Waals surface area contributed by atoms with Crippen molar-refractivity contribution in [2.75, 3.05) is 0 Å². The van der Waals surface area contributed by atoms with Crippen LogP contribution in [0.4, 0.5) is 0 Å². The second-order valence-corrected chi connectivity index (χ2v) is 3.11. The summed E-state index contributed by atoms with van der Waals surface area (Å²) in [5.41, 5.74) is 6.82. The maximum absolute atomic E-state index is 5.79. The molecule has 0 radical (unpaired) electrons. The summed E-state index contributed by atoms with van der Waals surface area (Å²) < 4.78 is 0. The molecule has 1 aromatic rings. The van der Waals surface area contributed by atoms with Crippen LogP contribution >= 0.6 is 0 Å². The minimum absolute atomic E-state index is 0.505. The smallest absolute Gasteiger partial charge is 0.125 e. The lowest BCUT2D eigenvalue weighted by atomic mass is 10.2. The minimum Gasteiger partial charge on any atom is -0.383 e. The van der Waals surface area contributed by atoms with E-state index in [9.17, 15) is 0 Å². The van der Waals surface area contributed by atoms with Gasteiger partial charge >= 0.3 is 0 Å². The van der Waals surface area contributed by atoms with E-state index in [2.05, 4.69) is 4.99 Å². The van der Waals surface area contributed by atoms with Gasteiger partial charge < -0.3 is 5.73 Å². The van der Waals surface area contributed by atoms with Gasteiger partial charge in [-0.3, -0.25) is 4.99 Å². The highest BCUT2D eigenvalue weighted by molar-refractivity contribution is 5.97. The molecule has 2 N–H and O–H groups in total. The normalized spacial score (nSPS) is 17.8. The van der Waals surface area contributed by atoms with Crippen LogP contribution in [0.3, 0.4) is 0 Å². The summed E-state index contributed by atoms with van der Waals surface area (Å²) in [6, 6.07) is 10.4. The van der Waals surface area contributed by atoms with Gasteiger partial charge in [-0.05, 0) is 12.8 Å². The molecule has 1 saturated carbocycles. The first-order valence-electron chi connectivity index (χ1n) is 4.25. The van der Waals surface area contributed by atoms with Gasteiger partial charge in [0.1, 0.15) is 5.84 Å². The average molecular weight is 160 g/mol. The first-order chi connectivity index (χ1) is 5.86. The number of hydrogen-bond donors (Lipinski definition) is 1. The Labute approximate surface area is 72.1 Å². The first kappa shape index (κ1) is 7.35. The van der Waals surface area contributed by atoms with E-state index in [1.165, 1.54) is 12.8 Å². The predicted molar refractivity (Wildman–Crippen MR) is 50.2 cm³/mol.